The molecular formula is C17H28N2O. The molecule has 0 aliphatic carbocycles. The Balaban J connectivity index is 1.67. The molecule has 1 fully saturated rings. The molecule has 1 aromatic rings. The van der Waals surface area contributed by atoms with E-state index >= 15 is 0 Å². The van der Waals surface area contributed by atoms with Crippen LogP contribution in [0.3, 0.4) is 0 Å². The number of nitrogens with zero attached hydrogens (tertiary/aromatic N) is 2. The van der Waals surface area contributed by atoms with Gasteiger partial charge in [-0.1, -0.05) is 18.2 Å². The Labute approximate surface area is 123 Å². The van der Waals surface area contributed by atoms with Gasteiger partial charge in [0.15, 0.2) is 0 Å². The summed E-state index contributed by atoms with van der Waals surface area (Å²) >= 11 is 0. The van der Waals surface area contributed by atoms with E-state index in [2.05, 4.69) is 30.7 Å². The van der Waals surface area contributed by atoms with E-state index < -0.39 is 0 Å². The van der Waals surface area contributed by atoms with Gasteiger partial charge in [-0.2, -0.15) is 0 Å². The highest BCUT2D eigenvalue weighted by atomic mass is 16.5. The number of para-hydroxylation sites is 1. The van der Waals surface area contributed by atoms with Gasteiger partial charge in [0, 0.05) is 18.6 Å². The van der Waals surface area contributed by atoms with Gasteiger partial charge in [-0.25, -0.2) is 0 Å². The largest absolute Gasteiger partial charge is 0.492 e. The molecule has 2 rings (SSSR count). The Bertz CT molecular complexity index is 372. The van der Waals surface area contributed by atoms with Crippen LogP contribution >= 0.6 is 0 Å². The number of ether oxygens (including phenoxy) is 1. The van der Waals surface area contributed by atoms with E-state index in [1.165, 1.54) is 25.9 Å². The van der Waals surface area contributed by atoms with Crippen molar-refractivity contribution in [2.24, 2.45) is 0 Å². The summed E-state index contributed by atoms with van der Waals surface area (Å²) in [4.78, 5) is 5.03. The van der Waals surface area contributed by atoms with E-state index in [1.54, 1.807) is 0 Å². The van der Waals surface area contributed by atoms with Crippen molar-refractivity contribution in [1.82, 2.24) is 9.80 Å². The zero-order valence-corrected chi connectivity index (χ0v) is 13.1. The van der Waals surface area contributed by atoms with Crippen LogP contribution in [0.25, 0.3) is 0 Å². The van der Waals surface area contributed by atoms with Crippen molar-refractivity contribution >= 4 is 0 Å². The second-order valence-corrected chi connectivity index (χ2v) is 6.00. The second kappa shape index (κ2) is 7.65. The summed E-state index contributed by atoms with van der Waals surface area (Å²) in [6.07, 6.45) is 2.56. The van der Waals surface area contributed by atoms with Crippen LogP contribution in [0.15, 0.2) is 30.3 Å². The highest BCUT2D eigenvalue weighted by molar-refractivity contribution is 5.20. The Morgan fingerprint density at radius 2 is 1.85 bits per heavy atom. The maximum absolute atomic E-state index is 5.77. The van der Waals surface area contributed by atoms with Gasteiger partial charge in [0.25, 0.3) is 0 Å². The average molecular weight is 276 g/mol. The quantitative estimate of drug-likeness (QED) is 0.794. The van der Waals surface area contributed by atoms with Crippen molar-refractivity contribution in [3.8, 4) is 5.75 Å². The molecule has 1 heterocycles. The maximum atomic E-state index is 5.77. The zero-order chi connectivity index (χ0) is 14.4. The van der Waals surface area contributed by atoms with E-state index in [9.17, 15) is 0 Å². The number of benzene rings is 1. The summed E-state index contributed by atoms with van der Waals surface area (Å²) < 4.78 is 5.77. The molecule has 0 unspecified atom stereocenters. The predicted molar refractivity (Wildman–Crippen MR) is 84.3 cm³/mol. The summed E-state index contributed by atoms with van der Waals surface area (Å²) in [6.45, 7) is 8.81. The van der Waals surface area contributed by atoms with Crippen LogP contribution < -0.4 is 4.74 Å². The number of likely N-dealkylation sites (tertiary alicyclic amines) is 1. The molecule has 0 bridgehead atoms. The minimum absolute atomic E-state index is 0.683. The summed E-state index contributed by atoms with van der Waals surface area (Å²) in [5.74, 6) is 0.968. The summed E-state index contributed by atoms with van der Waals surface area (Å²) in [5, 5.41) is 0. The first-order chi connectivity index (χ1) is 9.66. The van der Waals surface area contributed by atoms with E-state index in [0.717, 1.165) is 18.9 Å². The molecule has 20 heavy (non-hydrogen) atoms. The van der Waals surface area contributed by atoms with Gasteiger partial charge in [0.1, 0.15) is 12.4 Å². The molecule has 1 aliphatic heterocycles. The topological polar surface area (TPSA) is 15.7 Å². The van der Waals surface area contributed by atoms with E-state index in [4.69, 9.17) is 4.74 Å². The molecule has 0 saturated carbocycles. The first kappa shape index (κ1) is 15.3. The van der Waals surface area contributed by atoms with Gasteiger partial charge in [0.2, 0.25) is 0 Å². The first-order valence-corrected chi connectivity index (χ1v) is 7.79. The lowest BCUT2D eigenvalue weighted by Crippen LogP contribution is -2.46. The van der Waals surface area contributed by atoms with Gasteiger partial charge in [-0.3, -0.25) is 4.90 Å². The third-order valence-corrected chi connectivity index (χ3v) is 4.31. The molecule has 112 valence electrons. The van der Waals surface area contributed by atoms with Crippen LogP contribution in [0.1, 0.15) is 26.7 Å². The van der Waals surface area contributed by atoms with Crippen molar-refractivity contribution < 1.29 is 4.74 Å². The molecule has 0 N–H and O–H groups in total. The summed E-state index contributed by atoms with van der Waals surface area (Å²) in [6, 6.07) is 11.5. The number of hydrogen-bond donors (Lipinski definition) is 0. The Hall–Kier alpha value is -1.06. The van der Waals surface area contributed by atoms with E-state index in [1.807, 2.05) is 30.3 Å². The van der Waals surface area contributed by atoms with Crippen LogP contribution in [-0.4, -0.2) is 55.2 Å². The van der Waals surface area contributed by atoms with Crippen molar-refractivity contribution in [3.63, 3.8) is 0 Å². The van der Waals surface area contributed by atoms with E-state index in [-0.39, 0.29) is 0 Å². The Morgan fingerprint density at radius 1 is 1.20 bits per heavy atom. The zero-order valence-electron chi connectivity index (χ0n) is 13.1. The minimum Gasteiger partial charge on any atom is -0.492 e. The second-order valence-electron chi connectivity index (χ2n) is 6.00. The molecule has 1 aromatic carbocycles. The van der Waals surface area contributed by atoms with Crippen LogP contribution in [-0.2, 0) is 0 Å². The first-order valence-electron chi connectivity index (χ1n) is 7.79. The molecule has 0 radical (unpaired) electrons. The molecule has 0 atom stereocenters. The van der Waals surface area contributed by atoms with Crippen LogP contribution in [0.5, 0.6) is 5.75 Å². The third kappa shape index (κ3) is 4.50. The van der Waals surface area contributed by atoms with E-state index in [0.29, 0.717) is 12.1 Å². The number of piperidine rings is 1. The maximum Gasteiger partial charge on any atom is 0.119 e. The monoisotopic (exact) mass is 276 g/mol. The summed E-state index contributed by atoms with van der Waals surface area (Å²) in [7, 11) is 2.23. The fraction of sp³-hybridized carbons (Fsp3) is 0.647. The lowest BCUT2D eigenvalue weighted by atomic mass is 10.0. The van der Waals surface area contributed by atoms with Crippen molar-refractivity contribution in [2.45, 2.75) is 38.8 Å². The fourth-order valence-corrected chi connectivity index (χ4v) is 2.85. The number of rotatable bonds is 6. The smallest absolute Gasteiger partial charge is 0.119 e. The van der Waals surface area contributed by atoms with Crippen molar-refractivity contribution in [1.29, 1.82) is 0 Å². The van der Waals surface area contributed by atoms with Gasteiger partial charge in [-0.15, -0.1) is 0 Å². The Kier molecular flexibility index (Phi) is 5.86. The molecule has 3 heteroatoms. The molecule has 1 saturated heterocycles. The predicted octanol–water partition coefficient (Wildman–Crippen LogP) is 2.87. The normalized spacial score (nSPS) is 17.9. The number of hydrogen-bond acceptors (Lipinski definition) is 3. The lowest BCUT2D eigenvalue weighted by Gasteiger charge is -2.38. The van der Waals surface area contributed by atoms with Crippen LogP contribution in [0, 0.1) is 0 Å². The molecule has 0 spiro atoms. The molecule has 1 aliphatic rings. The lowest BCUT2D eigenvalue weighted by molar-refractivity contribution is 0.0984. The van der Waals surface area contributed by atoms with Crippen LogP contribution in [0.2, 0.25) is 0 Å². The van der Waals surface area contributed by atoms with Crippen molar-refractivity contribution in [2.75, 3.05) is 33.3 Å². The van der Waals surface area contributed by atoms with Gasteiger partial charge >= 0.3 is 0 Å². The summed E-state index contributed by atoms with van der Waals surface area (Å²) in [5.41, 5.74) is 0. The fourth-order valence-electron chi connectivity index (χ4n) is 2.85. The molecule has 0 amide bonds. The highest BCUT2D eigenvalue weighted by Gasteiger charge is 2.23. The highest BCUT2D eigenvalue weighted by Crippen LogP contribution is 2.17. The molecule has 3 nitrogen and oxygen atoms in total. The SMILES string of the molecule is CC(C)N1CCC(N(C)CCOc2ccccc2)CC1. The van der Waals surface area contributed by atoms with Crippen LogP contribution in [0.4, 0.5) is 0 Å². The average Bonchev–Trinajstić information content (AvgIpc) is 2.48. The third-order valence-electron chi connectivity index (χ3n) is 4.31. The van der Waals surface area contributed by atoms with Gasteiger partial charge in [-0.05, 0) is 59.0 Å². The van der Waals surface area contributed by atoms with Gasteiger partial charge < -0.3 is 9.64 Å². The van der Waals surface area contributed by atoms with Gasteiger partial charge in [0.05, 0.1) is 0 Å². The Morgan fingerprint density at radius 3 is 2.45 bits per heavy atom. The van der Waals surface area contributed by atoms with Crippen molar-refractivity contribution in [3.05, 3.63) is 30.3 Å². The number of likely N-dealkylation sites (N-methyl/N-ethyl adjacent to an activating group) is 1. The molecule has 0 aromatic heterocycles. The molecular weight excluding hydrogens is 248 g/mol. The minimum atomic E-state index is 0.683. The standard InChI is InChI=1S/C17H28N2O/c1-15(2)19-11-9-16(10-12-19)18(3)13-14-20-17-7-5-4-6-8-17/h4-8,15-16H,9-14H2,1-3H3.